The van der Waals surface area contributed by atoms with E-state index >= 15 is 0 Å². The highest BCUT2D eigenvalue weighted by atomic mass is 15.0. The van der Waals surface area contributed by atoms with Crippen LogP contribution in [0.2, 0.25) is 0 Å². The molecule has 0 saturated heterocycles. The molecule has 2 unspecified atom stereocenters. The van der Waals surface area contributed by atoms with Gasteiger partial charge < -0.3 is 4.57 Å². The van der Waals surface area contributed by atoms with Gasteiger partial charge in [-0.15, -0.1) is 0 Å². The summed E-state index contributed by atoms with van der Waals surface area (Å²) in [5.41, 5.74) is 18.1. The van der Waals surface area contributed by atoms with Gasteiger partial charge in [0, 0.05) is 33.7 Å². The van der Waals surface area contributed by atoms with E-state index in [0.717, 1.165) is 0 Å². The van der Waals surface area contributed by atoms with E-state index in [2.05, 4.69) is 135 Å². The first-order valence-corrected chi connectivity index (χ1v) is 14.5. The number of aryl methyl sites for hydroxylation is 2. The molecule has 0 saturated carbocycles. The van der Waals surface area contributed by atoms with Crippen LogP contribution in [0.15, 0.2) is 102 Å². The largest absolute Gasteiger partial charge is 0.309 e. The van der Waals surface area contributed by atoms with E-state index in [1.165, 1.54) is 83.2 Å². The highest BCUT2D eigenvalue weighted by Gasteiger charge is 2.46. The van der Waals surface area contributed by atoms with Crippen molar-refractivity contribution in [3.05, 3.63) is 141 Å². The molecule has 1 nitrogen and oxygen atoms in total. The van der Waals surface area contributed by atoms with Gasteiger partial charge in [0.15, 0.2) is 0 Å². The summed E-state index contributed by atoms with van der Waals surface area (Å²) in [5.74, 6) is 0.716. The topological polar surface area (TPSA) is 4.93 Å². The summed E-state index contributed by atoms with van der Waals surface area (Å²) in [7, 11) is 0. The van der Waals surface area contributed by atoms with Crippen molar-refractivity contribution in [3.8, 4) is 5.69 Å². The predicted octanol–water partition coefficient (Wildman–Crippen LogP) is 9.84. The Morgan fingerprint density at radius 1 is 0.775 bits per heavy atom. The molecule has 192 valence electrons. The van der Waals surface area contributed by atoms with Gasteiger partial charge in [0.25, 0.3) is 0 Å². The summed E-state index contributed by atoms with van der Waals surface area (Å²) in [4.78, 5) is 0. The van der Waals surface area contributed by atoms with Crippen LogP contribution in [-0.4, -0.2) is 4.57 Å². The lowest BCUT2D eigenvalue weighted by Crippen LogP contribution is -2.26. The second kappa shape index (κ2) is 7.43. The summed E-state index contributed by atoms with van der Waals surface area (Å²) in [5, 5.41) is 2.71. The van der Waals surface area contributed by atoms with Crippen molar-refractivity contribution in [2.24, 2.45) is 5.92 Å². The molecule has 1 heteroatoms. The molecule has 4 aliphatic rings. The Kier molecular flexibility index (Phi) is 4.17. The molecule has 1 aromatic heterocycles. The molecule has 4 aliphatic carbocycles. The molecule has 0 spiro atoms. The van der Waals surface area contributed by atoms with E-state index in [4.69, 9.17) is 0 Å². The van der Waals surface area contributed by atoms with Gasteiger partial charge in [-0.05, 0) is 93.8 Å². The summed E-state index contributed by atoms with van der Waals surface area (Å²) < 4.78 is 2.48. The maximum Gasteiger partial charge on any atom is 0.0553 e. The van der Waals surface area contributed by atoms with Crippen LogP contribution < -0.4 is 0 Å². The van der Waals surface area contributed by atoms with Crippen LogP contribution >= 0.6 is 0 Å². The maximum atomic E-state index is 2.53. The van der Waals surface area contributed by atoms with Crippen molar-refractivity contribution in [1.29, 1.82) is 0 Å². The van der Waals surface area contributed by atoms with Crippen LogP contribution in [0.3, 0.4) is 0 Å². The lowest BCUT2D eigenvalue weighted by Gasteiger charge is -2.40. The SMILES string of the molecule is Cc1cc(C)cc(-n2c3ccccc3c3c4c5c(cc32)C=CC2C3=C(C=C(C=C4)C52)C(C)(C)c2ccccc23)c1. The van der Waals surface area contributed by atoms with Crippen molar-refractivity contribution in [1.82, 2.24) is 4.57 Å². The summed E-state index contributed by atoms with van der Waals surface area (Å²) in [6, 6.07) is 27.4. The van der Waals surface area contributed by atoms with Gasteiger partial charge in [0.2, 0.25) is 0 Å². The number of hydrogen-bond acceptors (Lipinski definition) is 0. The second-order valence-electron chi connectivity index (χ2n) is 12.7. The van der Waals surface area contributed by atoms with Crippen LogP contribution in [0, 0.1) is 19.8 Å². The highest BCUT2D eigenvalue weighted by molar-refractivity contribution is 6.15. The monoisotopic (exact) mass is 513 g/mol. The Bertz CT molecular complexity index is 2080. The molecule has 4 aromatic carbocycles. The smallest absolute Gasteiger partial charge is 0.0553 e. The number of nitrogens with zero attached hydrogens (tertiary/aromatic N) is 1. The number of hydrogen-bond donors (Lipinski definition) is 0. The fraction of sp³-hybridized carbons (Fsp3) is 0.179. The first-order valence-electron chi connectivity index (χ1n) is 14.5. The van der Waals surface area contributed by atoms with Crippen LogP contribution in [0.5, 0.6) is 0 Å². The lowest BCUT2D eigenvalue weighted by molar-refractivity contribution is 0.628. The predicted molar refractivity (Wildman–Crippen MR) is 169 cm³/mol. The molecule has 0 bridgehead atoms. The van der Waals surface area contributed by atoms with Crippen molar-refractivity contribution in [3.63, 3.8) is 0 Å². The molecular formula is C39H31N. The zero-order valence-corrected chi connectivity index (χ0v) is 23.4. The molecule has 0 aliphatic heterocycles. The van der Waals surface area contributed by atoms with Gasteiger partial charge in [-0.2, -0.15) is 0 Å². The summed E-state index contributed by atoms with van der Waals surface area (Å²) >= 11 is 0. The zero-order chi connectivity index (χ0) is 26.9. The Morgan fingerprint density at radius 3 is 2.40 bits per heavy atom. The highest BCUT2D eigenvalue weighted by Crippen LogP contribution is 2.60. The van der Waals surface area contributed by atoms with Crippen molar-refractivity contribution in [2.45, 2.75) is 39.0 Å². The molecule has 0 fully saturated rings. The minimum Gasteiger partial charge on any atom is -0.309 e. The second-order valence-corrected chi connectivity index (χ2v) is 12.7. The molecule has 0 amide bonds. The molecule has 2 atom stereocenters. The third-order valence-corrected chi connectivity index (χ3v) is 9.99. The minimum atomic E-state index is 0.0233. The van der Waals surface area contributed by atoms with Crippen molar-refractivity contribution < 1.29 is 0 Å². The first kappa shape index (κ1) is 22.5. The Balaban J connectivity index is 1.35. The third kappa shape index (κ3) is 2.68. The summed E-state index contributed by atoms with van der Waals surface area (Å²) in [6.07, 6.45) is 12.3. The van der Waals surface area contributed by atoms with Gasteiger partial charge in [0.1, 0.15) is 0 Å². The summed E-state index contributed by atoms with van der Waals surface area (Å²) in [6.45, 7) is 9.19. The Morgan fingerprint density at radius 2 is 1.55 bits per heavy atom. The van der Waals surface area contributed by atoms with Crippen LogP contribution in [0.1, 0.15) is 58.7 Å². The number of fused-ring (bicyclic) bond motifs is 7. The number of para-hydroxylation sites is 1. The Labute approximate surface area is 235 Å². The molecule has 5 aromatic rings. The molecular weight excluding hydrogens is 482 g/mol. The van der Waals surface area contributed by atoms with Gasteiger partial charge in [-0.1, -0.05) is 92.8 Å². The van der Waals surface area contributed by atoms with E-state index < -0.39 is 0 Å². The van der Waals surface area contributed by atoms with Crippen molar-refractivity contribution in [2.75, 3.05) is 0 Å². The quantitative estimate of drug-likeness (QED) is 0.210. The molecule has 9 rings (SSSR count). The minimum absolute atomic E-state index is 0.0233. The van der Waals surface area contributed by atoms with E-state index in [1.807, 2.05) is 0 Å². The first-order chi connectivity index (χ1) is 19.4. The van der Waals surface area contributed by atoms with E-state index in [9.17, 15) is 0 Å². The van der Waals surface area contributed by atoms with Gasteiger partial charge >= 0.3 is 0 Å². The fourth-order valence-corrected chi connectivity index (χ4v) is 8.44. The van der Waals surface area contributed by atoms with Crippen LogP contribution in [-0.2, 0) is 5.41 Å². The third-order valence-electron chi connectivity index (χ3n) is 9.99. The van der Waals surface area contributed by atoms with E-state index in [-0.39, 0.29) is 5.41 Å². The van der Waals surface area contributed by atoms with Crippen LogP contribution in [0.4, 0.5) is 0 Å². The van der Waals surface area contributed by atoms with Gasteiger partial charge in [-0.25, -0.2) is 0 Å². The van der Waals surface area contributed by atoms with Crippen molar-refractivity contribution >= 4 is 39.5 Å². The van der Waals surface area contributed by atoms with Crippen LogP contribution in [0.25, 0.3) is 45.2 Å². The molecule has 1 heterocycles. The van der Waals surface area contributed by atoms with E-state index in [1.54, 1.807) is 0 Å². The average molecular weight is 514 g/mol. The van der Waals surface area contributed by atoms with Gasteiger partial charge in [-0.3, -0.25) is 0 Å². The molecule has 40 heavy (non-hydrogen) atoms. The Hall–Kier alpha value is -4.36. The number of rotatable bonds is 1. The number of benzene rings is 4. The maximum absolute atomic E-state index is 2.53. The number of allylic oxidation sites excluding steroid dienone is 6. The fourth-order valence-electron chi connectivity index (χ4n) is 8.44. The zero-order valence-electron chi connectivity index (χ0n) is 23.4. The van der Waals surface area contributed by atoms with E-state index in [0.29, 0.717) is 11.8 Å². The molecule has 0 radical (unpaired) electrons. The normalized spacial score (nSPS) is 21.1. The standard InChI is InChI=1S/C39H31N/c1-22-17-23(2)19-26(18-22)40-33-12-8-6-10-28(33)38-30-16-13-24-20-32-37(27-9-5-7-11-31(27)39(32,3)4)29-15-14-25(21-34(38)40)36(30)35(24)29/h5-21,29,35H,1-4H3. The van der Waals surface area contributed by atoms with Gasteiger partial charge in [0.05, 0.1) is 11.0 Å². The number of aromatic nitrogens is 1. The average Bonchev–Trinajstić information content (AvgIpc) is 3.40. The lowest BCUT2D eigenvalue weighted by atomic mass is 9.63. The molecule has 0 N–H and O–H groups in total.